The molecule has 0 spiro atoms. The number of thiazole rings is 1. The van der Waals surface area contributed by atoms with E-state index in [9.17, 15) is 4.79 Å². The van der Waals surface area contributed by atoms with Crippen LogP contribution >= 0.6 is 11.3 Å². The van der Waals surface area contributed by atoms with Crippen molar-refractivity contribution in [3.05, 3.63) is 60.1 Å². The van der Waals surface area contributed by atoms with Gasteiger partial charge in [0.2, 0.25) is 0 Å². The van der Waals surface area contributed by atoms with Crippen LogP contribution in [0.2, 0.25) is 0 Å². The average Bonchev–Trinajstić information content (AvgIpc) is 3.28. The van der Waals surface area contributed by atoms with Crippen molar-refractivity contribution < 1.29 is 9.21 Å². The van der Waals surface area contributed by atoms with E-state index in [-0.39, 0.29) is 5.91 Å². The van der Waals surface area contributed by atoms with Crippen LogP contribution in [0.25, 0.3) is 21.8 Å². The van der Waals surface area contributed by atoms with Crippen molar-refractivity contribution in [2.75, 3.05) is 5.43 Å². The van der Waals surface area contributed by atoms with Gasteiger partial charge in [-0.25, -0.2) is 14.6 Å². The summed E-state index contributed by atoms with van der Waals surface area (Å²) in [5.74, 6) is 0.356. The highest BCUT2D eigenvalue weighted by Crippen LogP contribution is 2.24. The van der Waals surface area contributed by atoms with E-state index in [0.717, 1.165) is 11.0 Å². The molecule has 0 aliphatic carbocycles. The van der Waals surface area contributed by atoms with Gasteiger partial charge in [0.1, 0.15) is 12.0 Å². The highest BCUT2D eigenvalue weighted by Gasteiger charge is 2.14. The summed E-state index contributed by atoms with van der Waals surface area (Å²) >= 11 is 1.36. The van der Waals surface area contributed by atoms with Crippen LogP contribution in [-0.2, 0) is 0 Å². The Morgan fingerprint density at radius 1 is 1.23 bits per heavy atom. The normalized spacial score (nSPS) is 10.9. The number of amides is 1. The van der Waals surface area contributed by atoms with Crippen LogP contribution in [0.15, 0.2) is 58.8 Å². The summed E-state index contributed by atoms with van der Waals surface area (Å²) in [6.45, 7) is 0. The van der Waals surface area contributed by atoms with Crippen molar-refractivity contribution in [3.8, 4) is 10.8 Å². The minimum Gasteiger partial charge on any atom is -0.462 e. The molecule has 1 N–H and O–H groups in total. The summed E-state index contributed by atoms with van der Waals surface area (Å²) in [6, 6.07) is 11.2. The summed E-state index contributed by atoms with van der Waals surface area (Å²) in [5, 5.41) is 2.37. The molecule has 6 nitrogen and oxygen atoms in total. The van der Waals surface area contributed by atoms with Gasteiger partial charge >= 0.3 is 0 Å². The lowest BCUT2D eigenvalue weighted by Crippen LogP contribution is -2.22. The Labute approximate surface area is 129 Å². The lowest BCUT2D eigenvalue weighted by Gasteiger charge is -2.04. The summed E-state index contributed by atoms with van der Waals surface area (Å²) < 4.78 is 6.86. The molecule has 7 heteroatoms. The number of carbonyl (C=O) groups is 1. The number of benzene rings is 1. The van der Waals surface area contributed by atoms with Gasteiger partial charge in [-0.3, -0.25) is 10.2 Å². The van der Waals surface area contributed by atoms with Gasteiger partial charge in [-0.2, -0.15) is 0 Å². The van der Waals surface area contributed by atoms with Gasteiger partial charge in [0.25, 0.3) is 5.91 Å². The van der Waals surface area contributed by atoms with E-state index in [1.165, 1.54) is 11.3 Å². The number of rotatable bonds is 3. The van der Waals surface area contributed by atoms with E-state index >= 15 is 0 Å². The molecule has 0 saturated heterocycles. The number of hydrogen-bond donors (Lipinski definition) is 1. The number of fused-ring (bicyclic) bond motifs is 1. The second kappa shape index (κ2) is 5.12. The van der Waals surface area contributed by atoms with Crippen molar-refractivity contribution in [1.82, 2.24) is 14.6 Å². The molecule has 4 aromatic rings. The lowest BCUT2D eigenvalue weighted by atomic mass is 10.3. The molecule has 4 rings (SSSR count). The second-order valence-electron chi connectivity index (χ2n) is 4.56. The van der Waals surface area contributed by atoms with Crippen LogP contribution in [0.4, 0.5) is 0 Å². The summed E-state index contributed by atoms with van der Waals surface area (Å²) in [7, 11) is 0. The van der Waals surface area contributed by atoms with Gasteiger partial charge in [-0.1, -0.05) is 12.1 Å². The fourth-order valence-corrected chi connectivity index (χ4v) is 2.87. The van der Waals surface area contributed by atoms with Crippen LogP contribution in [0.5, 0.6) is 0 Å². The topological polar surface area (TPSA) is 73.0 Å². The van der Waals surface area contributed by atoms with Gasteiger partial charge in [0, 0.05) is 5.38 Å². The fourth-order valence-electron chi connectivity index (χ4n) is 2.11. The quantitative estimate of drug-likeness (QED) is 0.631. The number of nitrogens with zero attached hydrogens (tertiary/aromatic N) is 3. The van der Waals surface area contributed by atoms with Crippen molar-refractivity contribution in [2.24, 2.45) is 0 Å². The molecule has 0 unspecified atom stereocenters. The van der Waals surface area contributed by atoms with E-state index < -0.39 is 0 Å². The third-order valence-corrected chi connectivity index (χ3v) is 4.00. The Kier molecular flexibility index (Phi) is 2.97. The van der Waals surface area contributed by atoms with Gasteiger partial charge in [-0.05, 0) is 24.3 Å². The molecule has 0 bridgehead atoms. The van der Waals surface area contributed by atoms with Crippen molar-refractivity contribution in [3.63, 3.8) is 0 Å². The number of hydrogen-bond acceptors (Lipinski definition) is 5. The molecule has 3 heterocycles. The van der Waals surface area contributed by atoms with Crippen LogP contribution in [0, 0.1) is 0 Å². The number of aromatic nitrogens is 3. The third kappa shape index (κ3) is 2.17. The van der Waals surface area contributed by atoms with E-state index in [1.807, 2.05) is 30.3 Å². The predicted molar refractivity (Wildman–Crippen MR) is 83.2 cm³/mol. The van der Waals surface area contributed by atoms with Crippen LogP contribution in [0.1, 0.15) is 10.5 Å². The Balaban J connectivity index is 1.60. The molecule has 0 saturated carbocycles. The van der Waals surface area contributed by atoms with Crippen molar-refractivity contribution in [2.45, 2.75) is 0 Å². The molecule has 0 fully saturated rings. The molecule has 1 aromatic carbocycles. The van der Waals surface area contributed by atoms with Crippen LogP contribution in [-0.4, -0.2) is 20.6 Å². The molecule has 0 atom stereocenters. The maximum absolute atomic E-state index is 12.3. The summed E-state index contributed by atoms with van der Waals surface area (Å²) in [6.07, 6.45) is 3.15. The lowest BCUT2D eigenvalue weighted by molar-refractivity contribution is 0.100. The maximum Gasteiger partial charge on any atom is 0.289 e. The van der Waals surface area contributed by atoms with Gasteiger partial charge in [0.15, 0.2) is 10.8 Å². The van der Waals surface area contributed by atoms with Gasteiger partial charge < -0.3 is 4.42 Å². The number of carbonyl (C=O) groups excluding carboxylic acids is 1. The van der Waals surface area contributed by atoms with Crippen molar-refractivity contribution in [1.29, 1.82) is 0 Å². The Bertz CT molecular complexity index is 939. The zero-order chi connectivity index (χ0) is 14.9. The number of furan rings is 1. The first-order valence-electron chi connectivity index (χ1n) is 6.54. The highest BCUT2D eigenvalue weighted by molar-refractivity contribution is 7.13. The molecule has 3 aromatic heterocycles. The largest absolute Gasteiger partial charge is 0.462 e. The first-order chi connectivity index (χ1) is 10.8. The first kappa shape index (κ1) is 12.8. The Hall–Kier alpha value is -2.93. The summed E-state index contributed by atoms with van der Waals surface area (Å²) in [4.78, 5) is 20.8. The average molecular weight is 310 g/mol. The molecule has 22 heavy (non-hydrogen) atoms. The molecular formula is C15H10N4O2S. The van der Waals surface area contributed by atoms with E-state index in [0.29, 0.717) is 16.5 Å². The molecular weight excluding hydrogens is 300 g/mol. The van der Waals surface area contributed by atoms with E-state index in [4.69, 9.17) is 4.42 Å². The molecule has 0 radical (unpaired) electrons. The minimum absolute atomic E-state index is 0.294. The maximum atomic E-state index is 12.3. The molecule has 0 aliphatic rings. The van der Waals surface area contributed by atoms with Gasteiger partial charge in [0.05, 0.1) is 17.3 Å². The number of para-hydroxylation sites is 2. The molecule has 0 aliphatic heterocycles. The SMILES string of the molecule is O=C(Nn1cnc2ccccc21)c1csc(-c2ccco2)n1. The van der Waals surface area contributed by atoms with Crippen LogP contribution in [0.3, 0.4) is 0 Å². The Morgan fingerprint density at radius 3 is 3.00 bits per heavy atom. The monoisotopic (exact) mass is 310 g/mol. The number of nitrogens with one attached hydrogen (secondary N) is 1. The summed E-state index contributed by atoms with van der Waals surface area (Å²) in [5.41, 5.74) is 4.76. The smallest absolute Gasteiger partial charge is 0.289 e. The van der Waals surface area contributed by atoms with Gasteiger partial charge in [-0.15, -0.1) is 11.3 Å². The third-order valence-electron chi connectivity index (χ3n) is 3.14. The predicted octanol–water partition coefficient (Wildman–Crippen LogP) is 3.14. The fraction of sp³-hybridized carbons (Fsp3) is 0. The first-order valence-corrected chi connectivity index (χ1v) is 7.42. The number of imidazole rings is 1. The van der Waals surface area contributed by atoms with Crippen LogP contribution < -0.4 is 5.43 Å². The second-order valence-corrected chi connectivity index (χ2v) is 5.42. The molecule has 1 amide bonds. The zero-order valence-electron chi connectivity index (χ0n) is 11.3. The zero-order valence-corrected chi connectivity index (χ0v) is 12.1. The minimum atomic E-state index is -0.294. The van der Waals surface area contributed by atoms with E-state index in [1.54, 1.807) is 28.7 Å². The Morgan fingerprint density at radius 2 is 2.14 bits per heavy atom. The van der Waals surface area contributed by atoms with E-state index in [2.05, 4.69) is 15.4 Å². The standard InChI is InChI=1S/C15H10N4O2S/c20-14(11-8-22-15(17-11)13-6-3-7-21-13)18-19-9-16-10-4-1-2-5-12(10)19/h1-9H,(H,18,20). The molecule has 108 valence electrons. The highest BCUT2D eigenvalue weighted by atomic mass is 32.1. The van der Waals surface area contributed by atoms with Crippen molar-refractivity contribution >= 4 is 28.3 Å².